The Hall–Kier alpha value is -0.530. The summed E-state index contributed by atoms with van der Waals surface area (Å²) in [4.78, 5) is 16.6. The van der Waals surface area contributed by atoms with E-state index in [1.54, 1.807) is 0 Å². The van der Waals surface area contributed by atoms with Gasteiger partial charge in [0, 0.05) is 32.1 Å². The Morgan fingerprint density at radius 2 is 1.68 bits per heavy atom. The fourth-order valence-electron chi connectivity index (χ4n) is 2.74. The highest BCUT2D eigenvalue weighted by Crippen LogP contribution is 2.28. The normalized spacial score (nSPS) is 19.2. The fraction of sp³-hybridized carbons (Fsp3) is 0.875. The number of guanidine groups is 1. The monoisotopic (exact) mass is 422 g/mol. The van der Waals surface area contributed by atoms with Crippen LogP contribution >= 0.6 is 24.0 Å². The van der Waals surface area contributed by atoms with Gasteiger partial charge in [0.25, 0.3) is 0 Å². The van der Waals surface area contributed by atoms with Gasteiger partial charge in [-0.05, 0) is 38.5 Å². The summed E-state index contributed by atoms with van der Waals surface area (Å²) in [5.41, 5.74) is 0. The molecule has 0 saturated heterocycles. The summed E-state index contributed by atoms with van der Waals surface area (Å²) in [7, 11) is 0. The molecule has 0 aromatic heterocycles. The predicted octanol–water partition coefficient (Wildman–Crippen LogP) is 2.27. The maximum atomic E-state index is 12.0. The van der Waals surface area contributed by atoms with Gasteiger partial charge >= 0.3 is 0 Å². The minimum Gasteiger partial charge on any atom is -0.357 e. The van der Waals surface area contributed by atoms with E-state index in [-0.39, 0.29) is 35.8 Å². The van der Waals surface area contributed by atoms with Crippen molar-refractivity contribution in [3.63, 3.8) is 0 Å². The number of rotatable bonds is 7. The molecule has 0 aromatic rings. The fourth-order valence-corrected chi connectivity index (χ4v) is 2.74. The van der Waals surface area contributed by atoms with Gasteiger partial charge < -0.3 is 16.0 Å². The lowest BCUT2D eigenvalue weighted by molar-refractivity contribution is -0.125. The Morgan fingerprint density at radius 1 is 1.00 bits per heavy atom. The van der Waals surface area contributed by atoms with Crippen LogP contribution in [0.4, 0.5) is 0 Å². The molecule has 5 nitrogen and oxygen atoms in total. The van der Waals surface area contributed by atoms with Gasteiger partial charge in [0.05, 0.1) is 0 Å². The number of nitrogens with one attached hydrogen (secondary N) is 3. The van der Waals surface area contributed by atoms with E-state index in [0.29, 0.717) is 6.54 Å². The molecular formula is C16H31IN4O. The summed E-state index contributed by atoms with van der Waals surface area (Å²) in [6, 6.07) is 0. The number of halogens is 1. The lowest BCUT2D eigenvalue weighted by Crippen LogP contribution is -2.42. The molecule has 6 heteroatoms. The van der Waals surface area contributed by atoms with Gasteiger partial charge in [-0.15, -0.1) is 24.0 Å². The van der Waals surface area contributed by atoms with Crippen molar-refractivity contribution < 1.29 is 4.79 Å². The van der Waals surface area contributed by atoms with E-state index in [1.165, 1.54) is 32.1 Å². The summed E-state index contributed by atoms with van der Waals surface area (Å²) < 4.78 is 0. The molecule has 0 spiro atoms. The molecule has 0 radical (unpaired) electrons. The highest BCUT2D eigenvalue weighted by atomic mass is 127. The first-order valence-electron chi connectivity index (χ1n) is 8.59. The highest BCUT2D eigenvalue weighted by molar-refractivity contribution is 14.0. The molecule has 0 heterocycles. The molecule has 0 bridgehead atoms. The van der Waals surface area contributed by atoms with Crippen LogP contribution < -0.4 is 16.0 Å². The average molecular weight is 422 g/mol. The summed E-state index contributed by atoms with van der Waals surface area (Å²) in [6.07, 6.45) is 8.45. The van der Waals surface area contributed by atoms with Gasteiger partial charge in [-0.1, -0.05) is 19.3 Å². The first kappa shape index (κ1) is 19.5. The summed E-state index contributed by atoms with van der Waals surface area (Å²) >= 11 is 0. The van der Waals surface area contributed by atoms with Gasteiger partial charge in [-0.2, -0.15) is 0 Å². The van der Waals surface area contributed by atoms with E-state index in [0.717, 1.165) is 44.4 Å². The molecule has 128 valence electrons. The van der Waals surface area contributed by atoms with Gasteiger partial charge in [0.2, 0.25) is 5.91 Å². The molecule has 2 aliphatic carbocycles. The second kappa shape index (κ2) is 11.1. The highest BCUT2D eigenvalue weighted by Gasteiger charge is 2.21. The lowest BCUT2D eigenvalue weighted by Gasteiger charge is -2.21. The number of aliphatic imine (C=N–C) groups is 1. The zero-order valence-electron chi connectivity index (χ0n) is 13.7. The zero-order chi connectivity index (χ0) is 14.9. The van der Waals surface area contributed by atoms with E-state index in [2.05, 4.69) is 27.9 Å². The van der Waals surface area contributed by atoms with Crippen LogP contribution in [-0.4, -0.2) is 38.0 Å². The average Bonchev–Trinajstić information content (AvgIpc) is 3.34. The van der Waals surface area contributed by atoms with Crippen LogP contribution in [0.3, 0.4) is 0 Å². The van der Waals surface area contributed by atoms with Crippen molar-refractivity contribution in [1.82, 2.24) is 16.0 Å². The Bertz CT molecular complexity index is 352. The van der Waals surface area contributed by atoms with E-state index in [4.69, 9.17) is 0 Å². The molecule has 22 heavy (non-hydrogen) atoms. The van der Waals surface area contributed by atoms with Crippen molar-refractivity contribution in [2.45, 2.75) is 51.9 Å². The van der Waals surface area contributed by atoms with Crippen LogP contribution in [0.25, 0.3) is 0 Å². The summed E-state index contributed by atoms with van der Waals surface area (Å²) in [6.45, 7) is 5.26. The van der Waals surface area contributed by atoms with E-state index in [9.17, 15) is 4.79 Å². The Morgan fingerprint density at radius 3 is 2.32 bits per heavy atom. The van der Waals surface area contributed by atoms with E-state index in [1.807, 2.05) is 0 Å². The van der Waals surface area contributed by atoms with Crippen molar-refractivity contribution in [3.8, 4) is 0 Å². The van der Waals surface area contributed by atoms with Gasteiger partial charge in [-0.3, -0.25) is 9.79 Å². The van der Waals surface area contributed by atoms with E-state index < -0.39 is 0 Å². The maximum Gasteiger partial charge on any atom is 0.223 e. The quantitative estimate of drug-likeness (QED) is 0.255. The van der Waals surface area contributed by atoms with Gasteiger partial charge in [0.15, 0.2) is 5.96 Å². The topological polar surface area (TPSA) is 65.5 Å². The Balaban J connectivity index is 0.00000242. The van der Waals surface area contributed by atoms with Crippen molar-refractivity contribution in [1.29, 1.82) is 0 Å². The molecule has 2 aliphatic rings. The van der Waals surface area contributed by atoms with E-state index >= 15 is 0 Å². The number of nitrogens with zero attached hydrogens (tertiary/aromatic N) is 1. The maximum absolute atomic E-state index is 12.0. The predicted molar refractivity (Wildman–Crippen MR) is 102 cm³/mol. The van der Waals surface area contributed by atoms with Crippen LogP contribution in [0.1, 0.15) is 51.9 Å². The Kier molecular flexibility index (Phi) is 9.82. The molecule has 2 rings (SSSR count). The third-order valence-corrected chi connectivity index (χ3v) is 4.24. The van der Waals surface area contributed by atoms with Crippen LogP contribution in [-0.2, 0) is 4.79 Å². The third kappa shape index (κ3) is 7.65. The first-order chi connectivity index (χ1) is 10.3. The summed E-state index contributed by atoms with van der Waals surface area (Å²) in [5, 5.41) is 9.57. The molecule has 0 unspecified atom stereocenters. The molecule has 1 amide bonds. The second-order valence-corrected chi connectivity index (χ2v) is 6.22. The van der Waals surface area contributed by atoms with Crippen LogP contribution in [0.15, 0.2) is 4.99 Å². The van der Waals surface area contributed by atoms with Gasteiger partial charge in [-0.25, -0.2) is 0 Å². The molecule has 2 saturated carbocycles. The molecule has 3 N–H and O–H groups in total. The van der Waals surface area contributed by atoms with Crippen molar-refractivity contribution in [2.75, 3.05) is 26.2 Å². The molecule has 0 aromatic carbocycles. The van der Waals surface area contributed by atoms with Crippen molar-refractivity contribution in [3.05, 3.63) is 0 Å². The standard InChI is InChI=1S/C16H30N4O.HI/c1-2-17-16(20-12-13-8-9-13)19-11-10-18-15(21)14-6-4-3-5-7-14;/h13-14H,2-12H2,1H3,(H,18,21)(H2,17,19,20);1H. The zero-order valence-corrected chi connectivity index (χ0v) is 16.0. The summed E-state index contributed by atoms with van der Waals surface area (Å²) in [5.74, 6) is 2.15. The molecule has 0 atom stereocenters. The van der Waals surface area contributed by atoms with Crippen LogP contribution in [0.5, 0.6) is 0 Å². The second-order valence-electron chi connectivity index (χ2n) is 6.22. The smallest absolute Gasteiger partial charge is 0.223 e. The SMILES string of the molecule is CCNC(=NCC1CC1)NCCNC(=O)C1CCCCC1.I. The minimum atomic E-state index is 0. The lowest BCUT2D eigenvalue weighted by atomic mass is 9.89. The van der Waals surface area contributed by atoms with Gasteiger partial charge in [0.1, 0.15) is 0 Å². The molecule has 2 fully saturated rings. The number of amides is 1. The number of hydrogen-bond donors (Lipinski definition) is 3. The van der Waals surface area contributed by atoms with Crippen molar-refractivity contribution in [2.24, 2.45) is 16.8 Å². The third-order valence-electron chi connectivity index (χ3n) is 4.24. The molecule has 0 aliphatic heterocycles. The minimum absolute atomic E-state index is 0. The van der Waals surface area contributed by atoms with Crippen LogP contribution in [0.2, 0.25) is 0 Å². The van der Waals surface area contributed by atoms with Crippen molar-refractivity contribution >= 4 is 35.8 Å². The largest absolute Gasteiger partial charge is 0.357 e. The number of carbonyl (C=O) groups is 1. The van der Waals surface area contributed by atoms with Crippen LogP contribution in [0, 0.1) is 11.8 Å². The first-order valence-corrected chi connectivity index (χ1v) is 8.59. The number of hydrogen-bond acceptors (Lipinski definition) is 2. The molecular weight excluding hydrogens is 391 g/mol. The Labute approximate surface area is 151 Å². The number of carbonyl (C=O) groups excluding carboxylic acids is 1.